The average Bonchev–Trinajstić information content (AvgIpc) is 3.20. The van der Waals surface area contributed by atoms with E-state index >= 15 is 0 Å². The second-order valence-corrected chi connectivity index (χ2v) is 6.77. The van der Waals surface area contributed by atoms with Crippen LogP contribution in [0.5, 0.6) is 0 Å². The molecule has 30 heavy (non-hydrogen) atoms. The zero-order valence-electron chi connectivity index (χ0n) is 16.6. The molecule has 6 nitrogen and oxygen atoms in total. The fourth-order valence-electron chi connectivity index (χ4n) is 2.91. The number of carbonyl (C=O) groups is 2. The van der Waals surface area contributed by atoms with Crippen molar-refractivity contribution in [2.45, 2.75) is 19.4 Å². The van der Waals surface area contributed by atoms with E-state index < -0.39 is 11.6 Å². The number of nitrogens with zero attached hydrogens (tertiary/aromatic N) is 2. The molecule has 0 saturated heterocycles. The van der Waals surface area contributed by atoms with Gasteiger partial charge in [-0.3, -0.25) is 9.59 Å². The van der Waals surface area contributed by atoms with E-state index in [1.807, 2.05) is 0 Å². The molecular formula is C22H21F2N3O3. The molecule has 8 heteroatoms. The Balaban J connectivity index is 1.55. The molecule has 3 rings (SSSR count). The summed E-state index contributed by atoms with van der Waals surface area (Å²) >= 11 is 0. The van der Waals surface area contributed by atoms with Gasteiger partial charge < -0.3 is 14.6 Å². The minimum Gasteiger partial charge on any atom is -0.441 e. The van der Waals surface area contributed by atoms with Crippen LogP contribution in [0.2, 0.25) is 0 Å². The lowest BCUT2D eigenvalue weighted by atomic mass is 10.1. The highest BCUT2D eigenvalue weighted by atomic mass is 19.1. The van der Waals surface area contributed by atoms with E-state index in [-0.39, 0.29) is 36.0 Å². The van der Waals surface area contributed by atoms with Gasteiger partial charge >= 0.3 is 0 Å². The summed E-state index contributed by atoms with van der Waals surface area (Å²) in [4.78, 5) is 29.6. The Morgan fingerprint density at radius 1 is 1.13 bits per heavy atom. The molecule has 156 valence electrons. The van der Waals surface area contributed by atoms with Gasteiger partial charge in [-0.15, -0.1) is 0 Å². The number of benzene rings is 2. The van der Waals surface area contributed by atoms with Crippen molar-refractivity contribution in [3.05, 3.63) is 77.3 Å². The van der Waals surface area contributed by atoms with Gasteiger partial charge in [0.1, 0.15) is 11.6 Å². The molecule has 0 bridgehead atoms. The molecule has 0 spiro atoms. The molecule has 1 aromatic heterocycles. The minimum absolute atomic E-state index is 0.110. The van der Waals surface area contributed by atoms with Gasteiger partial charge in [0.2, 0.25) is 5.91 Å². The first-order valence-electron chi connectivity index (χ1n) is 9.32. The molecule has 1 N–H and O–H groups in total. The van der Waals surface area contributed by atoms with Crippen molar-refractivity contribution in [1.29, 1.82) is 0 Å². The van der Waals surface area contributed by atoms with E-state index in [1.165, 1.54) is 12.3 Å². The molecule has 0 atom stereocenters. The summed E-state index contributed by atoms with van der Waals surface area (Å²) in [7, 11) is 3.25. The number of aryl methyl sites for hydroxylation is 1. The third-order valence-corrected chi connectivity index (χ3v) is 4.59. The molecule has 2 amide bonds. The van der Waals surface area contributed by atoms with Crippen LogP contribution in [0, 0.1) is 11.6 Å². The molecule has 3 aromatic rings. The van der Waals surface area contributed by atoms with E-state index in [2.05, 4.69) is 10.3 Å². The first-order valence-corrected chi connectivity index (χ1v) is 9.32. The predicted molar refractivity (Wildman–Crippen MR) is 106 cm³/mol. The maximum atomic E-state index is 13.9. The summed E-state index contributed by atoms with van der Waals surface area (Å²) < 4.78 is 32.4. The highest BCUT2D eigenvalue weighted by Gasteiger charge is 2.15. The van der Waals surface area contributed by atoms with Gasteiger partial charge in [0, 0.05) is 45.1 Å². The van der Waals surface area contributed by atoms with Gasteiger partial charge in [-0.05, 0) is 29.8 Å². The van der Waals surface area contributed by atoms with Crippen LogP contribution in [0.15, 0.2) is 53.1 Å². The molecule has 1 heterocycles. The van der Waals surface area contributed by atoms with E-state index in [9.17, 15) is 18.4 Å². The van der Waals surface area contributed by atoms with Crippen molar-refractivity contribution >= 4 is 11.8 Å². The van der Waals surface area contributed by atoms with Gasteiger partial charge in [0.25, 0.3) is 5.91 Å². The number of oxazole rings is 1. The number of aromatic nitrogens is 1. The van der Waals surface area contributed by atoms with Crippen LogP contribution >= 0.6 is 0 Å². The fraction of sp³-hybridized carbons (Fsp3) is 0.227. The topological polar surface area (TPSA) is 75.4 Å². The molecule has 0 unspecified atom stereocenters. The van der Waals surface area contributed by atoms with Crippen LogP contribution in [-0.2, 0) is 17.8 Å². The number of amides is 2. The van der Waals surface area contributed by atoms with E-state index in [1.54, 1.807) is 43.3 Å². The largest absolute Gasteiger partial charge is 0.441 e. The highest BCUT2D eigenvalue weighted by molar-refractivity contribution is 5.93. The summed E-state index contributed by atoms with van der Waals surface area (Å²) in [5.41, 5.74) is 1.55. The molecule has 2 aromatic carbocycles. The highest BCUT2D eigenvalue weighted by Crippen LogP contribution is 2.24. The van der Waals surface area contributed by atoms with Gasteiger partial charge in [-0.1, -0.05) is 12.1 Å². The van der Waals surface area contributed by atoms with Gasteiger partial charge in [0.05, 0.1) is 11.8 Å². The van der Waals surface area contributed by atoms with E-state index in [0.717, 1.165) is 17.7 Å². The maximum Gasteiger partial charge on any atom is 0.251 e. The summed E-state index contributed by atoms with van der Waals surface area (Å²) in [5, 5.41) is 2.55. The van der Waals surface area contributed by atoms with Crippen LogP contribution in [0.4, 0.5) is 8.78 Å². The quantitative estimate of drug-likeness (QED) is 0.643. The number of carbonyl (C=O) groups excluding carboxylic acids is 2. The maximum absolute atomic E-state index is 13.9. The monoisotopic (exact) mass is 413 g/mol. The molecule has 0 aliphatic rings. The first-order chi connectivity index (χ1) is 14.4. The molecule has 0 fully saturated rings. The minimum atomic E-state index is -0.740. The molecule has 0 radical (unpaired) electrons. The number of hydrogen-bond acceptors (Lipinski definition) is 4. The number of nitrogens with one attached hydrogen (secondary N) is 1. The number of rotatable bonds is 7. The van der Waals surface area contributed by atoms with Crippen molar-refractivity contribution < 1.29 is 22.8 Å². The van der Waals surface area contributed by atoms with Crippen LogP contribution in [0.25, 0.3) is 11.3 Å². The molecular weight excluding hydrogens is 392 g/mol. The molecule has 0 aliphatic carbocycles. The number of hydrogen-bond donors (Lipinski definition) is 1. The Morgan fingerprint density at radius 3 is 2.53 bits per heavy atom. The summed E-state index contributed by atoms with van der Waals surface area (Å²) in [6.45, 7) is 0.393. The van der Waals surface area contributed by atoms with Crippen molar-refractivity contribution in [1.82, 2.24) is 15.2 Å². The second-order valence-electron chi connectivity index (χ2n) is 6.77. The lowest BCUT2D eigenvalue weighted by Gasteiger charge is -2.17. The van der Waals surface area contributed by atoms with Crippen molar-refractivity contribution in [2.75, 3.05) is 14.1 Å². The van der Waals surface area contributed by atoms with Gasteiger partial charge in [-0.25, -0.2) is 13.8 Å². The zero-order chi connectivity index (χ0) is 21.7. The third-order valence-electron chi connectivity index (χ3n) is 4.59. The molecule has 0 saturated carbocycles. The second kappa shape index (κ2) is 9.30. The summed E-state index contributed by atoms with van der Waals surface area (Å²) in [6, 6.07) is 10.2. The smallest absolute Gasteiger partial charge is 0.251 e. The first kappa shape index (κ1) is 21.2. The number of halogens is 2. The Kier molecular flexibility index (Phi) is 6.56. The van der Waals surface area contributed by atoms with Crippen LogP contribution in [-0.4, -0.2) is 35.8 Å². The normalized spacial score (nSPS) is 10.7. The van der Waals surface area contributed by atoms with Crippen molar-refractivity contribution in [3.8, 4) is 11.3 Å². The summed E-state index contributed by atoms with van der Waals surface area (Å²) in [6.07, 6.45) is 1.77. The SMILES string of the molecule is CNC(=O)c1ccc(CN(C)C(=O)CCc2ncc(-c3ccc(F)cc3F)o2)cc1. The van der Waals surface area contributed by atoms with Crippen LogP contribution in [0.1, 0.15) is 28.2 Å². The average molecular weight is 413 g/mol. The van der Waals surface area contributed by atoms with Crippen LogP contribution < -0.4 is 5.32 Å². The van der Waals surface area contributed by atoms with Gasteiger partial charge in [0.15, 0.2) is 11.7 Å². The predicted octanol–water partition coefficient (Wildman–Crippen LogP) is 3.57. The Bertz CT molecular complexity index is 1050. The lowest BCUT2D eigenvalue weighted by Crippen LogP contribution is -2.26. The summed E-state index contributed by atoms with van der Waals surface area (Å²) in [5.74, 6) is -1.22. The molecule has 0 aliphatic heterocycles. The van der Waals surface area contributed by atoms with E-state index in [4.69, 9.17) is 4.42 Å². The van der Waals surface area contributed by atoms with Gasteiger partial charge in [-0.2, -0.15) is 0 Å². The van der Waals surface area contributed by atoms with E-state index in [0.29, 0.717) is 18.0 Å². The Morgan fingerprint density at radius 2 is 1.87 bits per heavy atom. The Labute approximate surface area is 172 Å². The lowest BCUT2D eigenvalue weighted by molar-refractivity contribution is -0.130. The van der Waals surface area contributed by atoms with Crippen molar-refractivity contribution in [3.63, 3.8) is 0 Å². The third kappa shape index (κ3) is 5.08. The Hall–Kier alpha value is -3.55. The van der Waals surface area contributed by atoms with Crippen molar-refractivity contribution in [2.24, 2.45) is 0 Å². The zero-order valence-corrected chi connectivity index (χ0v) is 16.6. The van der Waals surface area contributed by atoms with Crippen LogP contribution in [0.3, 0.4) is 0 Å². The fourth-order valence-corrected chi connectivity index (χ4v) is 2.91. The standard InChI is InChI=1S/C22H21F2N3O3/c1-25-22(29)15-5-3-14(4-6-15)13-27(2)21(28)10-9-20-26-12-19(30-20)17-8-7-16(23)11-18(17)24/h3-8,11-12H,9-10,13H2,1-2H3,(H,25,29).